The number of carbonyl (C=O) groups is 1. The topological polar surface area (TPSA) is 26.3 Å². The van der Waals surface area contributed by atoms with Crippen molar-refractivity contribution in [2.24, 2.45) is 0 Å². The summed E-state index contributed by atoms with van der Waals surface area (Å²) in [6.45, 7) is -2.95. The molecule has 76 valence electrons. The Labute approximate surface area is 95.5 Å². The van der Waals surface area contributed by atoms with Gasteiger partial charge in [0, 0.05) is 4.47 Å². The predicted octanol–water partition coefficient (Wildman–Crippen LogP) is 3.63. The van der Waals surface area contributed by atoms with E-state index in [1.807, 2.05) is 0 Å². The van der Waals surface area contributed by atoms with Crippen molar-refractivity contribution in [1.29, 1.82) is 0 Å². The number of benzene rings is 1. The molecule has 6 heteroatoms. The number of carbonyl (C=O) groups excluding carboxylic acids is 1. The Bertz CT molecular complexity index is 355. The van der Waals surface area contributed by atoms with Crippen LogP contribution in [0.2, 0.25) is 0 Å². The molecular weight excluding hydrogens is 326 g/mol. The highest BCUT2D eigenvalue weighted by Crippen LogP contribution is 2.32. The summed E-state index contributed by atoms with van der Waals surface area (Å²) in [6.07, 6.45) is 0.452. The van der Waals surface area contributed by atoms with Gasteiger partial charge in [-0.2, -0.15) is 8.78 Å². The summed E-state index contributed by atoms with van der Waals surface area (Å²) in [7, 11) is 0. The fourth-order valence-corrected chi connectivity index (χ4v) is 2.23. The van der Waals surface area contributed by atoms with E-state index in [4.69, 9.17) is 0 Å². The van der Waals surface area contributed by atoms with Crippen molar-refractivity contribution in [2.45, 2.75) is 6.61 Å². The quantitative estimate of drug-likeness (QED) is 0.792. The highest BCUT2D eigenvalue weighted by Gasteiger charge is 2.13. The number of alkyl halides is 2. The van der Waals surface area contributed by atoms with Crippen molar-refractivity contribution in [3.8, 4) is 5.75 Å². The largest absolute Gasteiger partial charge is 0.433 e. The van der Waals surface area contributed by atoms with E-state index in [0.717, 1.165) is 0 Å². The molecular formula is C8H4Br2F2O2. The summed E-state index contributed by atoms with van der Waals surface area (Å²) < 4.78 is 29.0. The van der Waals surface area contributed by atoms with Crippen molar-refractivity contribution in [3.63, 3.8) is 0 Å². The average molecular weight is 330 g/mol. The molecule has 0 bridgehead atoms. The van der Waals surface area contributed by atoms with Crippen LogP contribution in [0.1, 0.15) is 10.4 Å². The van der Waals surface area contributed by atoms with Crippen LogP contribution < -0.4 is 4.74 Å². The summed E-state index contributed by atoms with van der Waals surface area (Å²) in [5.41, 5.74) is 0.0616. The zero-order chi connectivity index (χ0) is 10.7. The number of hydrogen-bond acceptors (Lipinski definition) is 2. The normalized spacial score (nSPS) is 10.4. The van der Waals surface area contributed by atoms with Crippen molar-refractivity contribution in [2.75, 3.05) is 0 Å². The van der Waals surface area contributed by atoms with Gasteiger partial charge in [0.1, 0.15) is 0 Å². The molecule has 0 radical (unpaired) electrons. The van der Waals surface area contributed by atoms with Crippen LogP contribution in [-0.2, 0) is 0 Å². The van der Waals surface area contributed by atoms with Gasteiger partial charge in [-0.1, -0.05) is 15.9 Å². The lowest BCUT2D eigenvalue weighted by Gasteiger charge is -2.09. The van der Waals surface area contributed by atoms with Gasteiger partial charge in [0.05, 0.1) is 10.0 Å². The molecule has 0 spiro atoms. The molecule has 0 saturated carbocycles. The average Bonchev–Trinajstić information content (AvgIpc) is 2.08. The lowest BCUT2D eigenvalue weighted by atomic mass is 10.2. The monoisotopic (exact) mass is 328 g/mol. The first-order valence-electron chi connectivity index (χ1n) is 3.43. The van der Waals surface area contributed by atoms with E-state index in [9.17, 15) is 13.6 Å². The second-order valence-electron chi connectivity index (χ2n) is 2.30. The van der Waals surface area contributed by atoms with E-state index in [1.54, 1.807) is 0 Å². The first-order chi connectivity index (χ1) is 6.54. The molecule has 0 atom stereocenters. The summed E-state index contributed by atoms with van der Waals surface area (Å²) in [6, 6.07) is 2.92. The van der Waals surface area contributed by atoms with Gasteiger partial charge in [-0.3, -0.25) is 4.79 Å². The standard InChI is InChI=1S/C8H4Br2F2O2/c9-5-1-4(3-13)7(6(10)2-5)14-8(11)12/h1-3,8H. The van der Waals surface area contributed by atoms with Gasteiger partial charge in [0.15, 0.2) is 12.0 Å². The van der Waals surface area contributed by atoms with E-state index < -0.39 is 6.61 Å². The van der Waals surface area contributed by atoms with Crippen LogP contribution in [0.25, 0.3) is 0 Å². The predicted molar refractivity (Wildman–Crippen MR) is 53.9 cm³/mol. The molecule has 0 aliphatic carbocycles. The third-order valence-electron chi connectivity index (χ3n) is 1.37. The van der Waals surface area contributed by atoms with Gasteiger partial charge in [-0.15, -0.1) is 0 Å². The molecule has 0 amide bonds. The SMILES string of the molecule is O=Cc1cc(Br)cc(Br)c1OC(F)F. The van der Waals surface area contributed by atoms with Crippen molar-refractivity contribution >= 4 is 38.1 Å². The lowest BCUT2D eigenvalue weighted by Crippen LogP contribution is -2.05. The van der Waals surface area contributed by atoms with Crippen molar-refractivity contribution in [3.05, 3.63) is 26.6 Å². The maximum atomic E-state index is 11.9. The van der Waals surface area contributed by atoms with Gasteiger partial charge in [-0.05, 0) is 28.1 Å². The minimum Gasteiger partial charge on any atom is -0.433 e. The highest BCUT2D eigenvalue weighted by molar-refractivity contribution is 9.11. The Morgan fingerprint density at radius 3 is 2.50 bits per heavy atom. The maximum absolute atomic E-state index is 11.9. The van der Waals surface area contributed by atoms with Gasteiger partial charge in [0.25, 0.3) is 0 Å². The van der Waals surface area contributed by atoms with Gasteiger partial charge in [0.2, 0.25) is 0 Å². The molecule has 0 N–H and O–H groups in total. The Morgan fingerprint density at radius 2 is 2.00 bits per heavy atom. The molecule has 2 nitrogen and oxygen atoms in total. The van der Waals surface area contributed by atoms with Crippen LogP contribution in [0, 0.1) is 0 Å². The van der Waals surface area contributed by atoms with Crippen LogP contribution >= 0.6 is 31.9 Å². The summed E-state index contributed by atoms with van der Waals surface area (Å²) in [5.74, 6) is -0.154. The van der Waals surface area contributed by atoms with E-state index in [2.05, 4.69) is 36.6 Å². The van der Waals surface area contributed by atoms with Crippen LogP contribution in [-0.4, -0.2) is 12.9 Å². The second kappa shape index (κ2) is 4.84. The molecule has 0 heterocycles. The highest BCUT2D eigenvalue weighted by atomic mass is 79.9. The zero-order valence-corrected chi connectivity index (χ0v) is 9.81. The van der Waals surface area contributed by atoms with Gasteiger partial charge in [-0.25, -0.2) is 0 Å². The smallest absolute Gasteiger partial charge is 0.387 e. The minimum absolute atomic E-state index is 0.0616. The summed E-state index contributed by atoms with van der Waals surface area (Å²) >= 11 is 6.14. The Hall–Kier alpha value is -0.490. The Balaban J connectivity index is 3.18. The van der Waals surface area contributed by atoms with Crippen molar-refractivity contribution in [1.82, 2.24) is 0 Å². The van der Waals surface area contributed by atoms with Crippen LogP contribution in [0.15, 0.2) is 21.1 Å². The van der Waals surface area contributed by atoms with Gasteiger partial charge < -0.3 is 4.74 Å². The number of halogens is 4. The Morgan fingerprint density at radius 1 is 1.36 bits per heavy atom. The van der Waals surface area contributed by atoms with E-state index in [-0.39, 0.29) is 11.3 Å². The molecule has 0 unspecified atom stereocenters. The molecule has 1 aromatic rings. The van der Waals surface area contributed by atoms with Crippen LogP contribution in [0.3, 0.4) is 0 Å². The third kappa shape index (κ3) is 2.75. The molecule has 1 aromatic carbocycles. The number of hydrogen-bond donors (Lipinski definition) is 0. The van der Waals surface area contributed by atoms with E-state index in [0.29, 0.717) is 15.2 Å². The molecule has 0 aliphatic rings. The summed E-state index contributed by atoms with van der Waals surface area (Å²) in [4.78, 5) is 10.5. The molecule has 1 rings (SSSR count). The zero-order valence-electron chi connectivity index (χ0n) is 6.64. The Kier molecular flexibility index (Phi) is 4.00. The molecule has 14 heavy (non-hydrogen) atoms. The fourth-order valence-electron chi connectivity index (χ4n) is 0.881. The number of aldehydes is 1. The number of rotatable bonds is 3. The molecule has 0 aromatic heterocycles. The first kappa shape index (κ1) is 11.6. The van der Waals surface area contributed by atoms with Crippen LogP contribution in [0.4, 0.5) is 8.78 Å². The minimum atomic E-state index is -2.95. The van der Waals surface area contributed by atoms with E-state index >= 15 is 0 Å². The molecule has 0 saturated heterocycles. The van der Waals surface area contributed by atoms with Gasteiger partial charge >= 0.3 is 6.61 Å². The first-order valence-corrected chi connectivity index (χ1v) is 5.02. The summed E-state index contributed by atoms with van der Waals surface area (Å²) in [5, 5.41) is 0. The third-order valence-corrected chi connectivity index (χ3v) is 2.42. The lowest BCUT2D eigenvalue weighted by molar-refractivity contribution is -0.0505. The number of ether oxygens (including phenoxy) is 1. The second-order valence-corrected chi connectivity index (χ2v) is 4.07. The molecule has 0 aliphatic heterocycles. The molecule has 0 fully saturated rings. The maximum Gasteiger partial charge on any atom is 0.387 e. The van der Waals surface area contributed by atoms with Crippen molar-refractivity contribution < 1.29 is 18.3 Å². The fraction of sp³-hybridized carbons (Fsp3) is 0.125. The van der Waals surface area contributed by atoms with Crippen LogP contribution in [0.5, 0.6) is 5.75 Å². The van der Waals surface area contributed by atoms with E-state index in [1.165, 1.54) is 12.1 Å².